The number of hydrogen-bond acceptors (Lipinski definition) is 3. The third-order valence-corrected chi connectivity index (χ3v) is 3.61. The van der Waals surface area contributed by atoms with E-state index < -0.39 is 0 Å². The fraction of sp³-hybridized carbons (Fsp3) is 0.350. The maximum absolute atomic E-state index is 11.7. The van der Waals surface area contributed by atoms with Crippen molar-refractivity contribution in [3.63, 3.8) is 0 Å². The van der Waals surface area contributed by atoms with Gasteiger partial charge in [0.25, 0.3) is 0 Å². The Balaban J connectivity index is 0.00000364. The third-order valence-electron chi connectivity index (χ3n) is 3.61. The molecule has 1 aromatic carbocycles. The van der Waals surface area contributed by atoms with Crippen LogP contribution in [-0.4, -0.2) is 23.4 Å². The van der Waals surface area contributed by atoms with Gasteiger partial charge in [0.15, 0.2) is 5.96 Å². The number of carbonyl (C=O) groups excluding carboxylic acids is 1. The number of halogens is 1. The minimum absolute atomic E-state index is 0. The lowest BCUT2D eigenvalue weighted by Crippen LogP contribution is -2.37. The maximum Gasteiger partial charge on any atom is 0.224 e. The number of hydrogen-bond donors (Lipinski definition) is 3. The summed E-state index contributed by atoms with van der Waals surface area (Å²) in [6.07, 6.45) is 3.15. The Kier molecular flexibility index (Phi) is 11.1. The number of anilines is 1. The topological polar surface area (TPSA) is 78.4 Å². The second kappa shape index (κ2) is 13.1. The van der Waals surface area contributed by atoms with Gasteiger partial charge in [0.2, 0.25) is 5.91 Å². The lowest BCUT2D eigenvalue weighted by Gasteiger charge is -2.11. The molecule has 1 amide bonds. The molecule has 0 saturated carbocycles. The van der Waals surface area contributed by atoms with E-state index in [0.29, 0.717) is 19.5 Å². The SMILES string of the molecule is CCCC(=O)Nc1cccc(CN=C(NCC)NCc2ccccn2)c1.I. The molecule has 7 heteroatoms. The molecular weight excluding hydrogens is 453 g/mol. The summed E-state index contributed by atoms with van der Waals surface area (Å²) in [5, 5.41) is 9.42. The van der Waals surface area contributed by atoms with Crippen LogP contribution in [0.5, 0.6) is 0 Å². The second-order valence-corrected chi connectivity index (χ2v) is 5.87. The smallest absolute Gasteiger partial charge is 0.224 e. The molecule has 6 nitrogen and oxygen atoms in total. The minimum atomic E-state index is 0. The van der Waals surface area contributed by atoms with E-state index in [1.54, 1.807) is 6.20 Å². The number of aromatic nitrogens is 1. The van der Waals surface area contributed by atoms with Gasteiger partial charge in [-0.15, -0.1) is 24.0 Å². The van der Waals surface area contributed by atoms with E-state index in [2.05, 4.69) is 25.9 Å². The summed E-state index contributed by atoms with van der Waals surface area (Å²) in [5.74, 6) is 0.775. The number of amides is 1. The van der Waals surface area contributed by atoms with Gasteiger partial charge in [-0.1, -0.05) is 25.1 Å². The van der Waals surface area contributed by atoms with E-state index in [-0.39, 0.29) is 29.9 Å². The zero-order valence-corrected chi connectivity index (χ0v) is 18.2. The van der Waals surface area contributed by atoms with Gasteiger partial charge < -0.3 is 16.0 Å². The third kappa shape index (κ3) is 8.85. The van der Waals surface area contributed by atoms with Gasteiger partial charge in [-0.05, 0) is 43.2 Å². The van der Waals surface area contributed by atoms with Crippen LogP contribution in [0.4, 0.5) is 5.69 Å². The molecule has 0 aliphatic rings. The number of aliphatic imine (C=N–C) groups is 1. The summed E-state index contributed by atoms with van der Waals surface area (Å²) in [5.41, 5.74) is 2.80. The van der Waals surface area contributed by atoms with Crippen LogP contribution in [0.2, 0.25) is 0 Å². The first-order valence-electron chi connectivity index (χ1n) is 9.02. The standard InChI is InChI=1S/C20H27N5O.HI/c1-3-8-19(26)25-17-11-7-9-16(13-17)14-23-20(21-4-2)24-15-18-10-5-6-12-22-18;/h5-7,9-13H,3-4,8,14-15H2,1-2H3,(H,25,26)(H2,21,23,24);1H. The molecule has 1 aromatic heterocycles. The first-order valence-corrected chi connectivity index (χ1v) is 9.02. The van der Waals surface area contributed by atoms with Crippen LogP contribution in [0.15, 0.2) is 53.7 Å². The highest BCUT2D eigenvalue weighted by atomic mass is 127. The Morgan fingerprint density at radius 1 is 1.11 bits per heavy atom. The Morgan fingerprint density at radius 3 is 2.67 bits per heavy atom. The molecule has 0 saturated heterocycles. The fourth-order valence-electron chi connectivity index (χ4n) is 2.39. The lowest BCUT2D eigenvalue weighted by atomic mass is 10.2. The molecule has 0 aliphatic carbocycles. The predicted molar refractivity (Wildman–Crippen MR) is 121 cm³/mol. The summed E-state index contributed by atoms with van der Waals surface area (Å²) in [4.78, 5) is 20.6. The number of carbonyl (C=O) groups is 1. The van der Waals surface area contributed by atoms with Crippen LogP contribution >= 0.6 is 24.0 Å². The van der Waals surface area contributed by atoms with Gasteiger partial charge >= 0.3 is 0 Å². The lowest BCUT2D eigenvalue weighted by molar-refractivity contribution is -0.116. The molecule has 0 radical (unpaired) electrons. The van der Waals surface area contributed by atoms with Crippen LogP contribution in [-0.2, 0) is 17.9 Å². The van der Waals surface area contributed by atoms with Gasteiger partial charge in [0.1, 0.15) is 0 Å². The molecule has 0 atom stereocenters. The van der Waals surface area contributed by atoms with Gasteiger partial charge in [-0.3, -0.25) is 9.78 Å². The van der Waals surface area contributed by atoms with Crippen molar-refractivity contribution in [3.05, 3.63) is 59.9 Å². The Bertz CT molecular complexity index is 721. The number of rotatable bonds is 8. The number of nitrogens with zero attached hydrogens (tertiary/aromatic N) is 2. The van der Waals surface area contributed by atoms with Crippen molar-refractivity contribution < 1.29 is 4.79 Å². The van der Waals surface area contributed by atoms with Crippen molar-refractivity contribution in [2.45, 2.75) is 39.8 Å². The van der Waals surface area contributed by atoms with Crippen molar-refractivity contribution >= 4 is 41.5 Å². The fourth-order valence-corrected chi connectivity index (χ4v) is 2.39. The van der Waals surface area contributed by atoms with Gasteiger partial charge in [-0.2, -0.15) is 0 Å². The molecule has 0 unspecified atom stereocenters. The van der Waals surface area contributed by atoms with Crippen LogP contribution in [0.1, 0.15) is 37.9 Å². The zero-order chi connectivity index (χ0) is 18.6. The van der Waals surface area contributed by atoms with E-state index in [1.807, 2.05) is 56.3 Å². The molecule has 0 bridgehead atoms. The Morgan fingerprint density at radius 2 is 1.96 bits per heavy atom. The first-order chi connectivity index (χ1) is 12.7. The molecular formula is C20H28IN5O. The average molecular weight is 481 g/mol. The van der Waals surface area contributed by atoms with Crippen LogP contribution in [0, 0.1) is 0 Å². The molecule has 3 N–H and O–H groups in total. The highest BCUT2D eigenvalue weighted by Crippen LogP contribution is 2.12. The molecule has 2 rings (SSSR count). The van der Waals surface area contributed by atoms with Gasteiger partial charge in [-0.25, -0.2) is 4.99 Å². The normalized spacial score (nSPS) is 10.7. The molecule has 27 heavy (non-hydrogen) atoms. The highest BCUT2D eigenvalue weighted by molar-refractivity contribution is 14.0. The predicted octanol–water partition coefficient (Wildman–Crippen LogP) is 3.69. The van der Waals surface area contributed by atoms with E-state index in [4.69, 9.17) is 0 Å². The summed E-state index contributed by atoms with van der Waals surface area (Å²) >= 11 is 0. The molecule has 2 aromatic rings. The summed E-state index contributed by atoms with van der Waals surface area (Å²) < 4.78 is 0. The summed E-state index contributed by atoms with van der Waals surface area (Å²) in [7, 11) is 0. The molecule has 1 heterocycles. The number of pyridine rings is 1. The number of benzene rings is 1. The van der Waals surface area contributed by atoms with Crippen molar-refractivity contribution in [1.29, 1.82) is 0 Å². The highest BCUT2D eigenvalue weighted by Gasteiger charge is 2.03. The van der Waals surface area contributed by atoms with Crippen molar-refractivity contribution in [2.75, 3.05) is 11.9 Å². The number of guanidine groups is 1. The van der Waals surface area contributed by atoms with E-state index in [1.165, 1.54) is 0 Å². The number of nitrogens with one attached hydrogen (secondary N) is 3. The molecule has 0 aliphatic heterocycles. The van der Waals surface area contributed by atoms with E-state index in [9.17, 15) is 4.79 Å². The van der Waals surface area contributed by atoms with Crippen molar-refractivity contribution in [2.24, 2.45) is 4.99 Å². The van der Waals surface area contributed by atoms with Crippen LogP contribution in [0.3, 0.4) is 0 Å². The molecule has 0 fully saturated rings. The first kappa shape index (κ1) is 22.9. The molecule has 146 valence electrons. The van der Waals surface area contributed by atoms with Gasteiger partial charge in [0.05, 0.1) is 18.8 Å². The van der Waals surface area contributed by atoms with Crippen molar-refractivity contribution in [3.8, 4) is 0 Å². The van der Waals surface area contributed by atoms with E-state index >= 15 is 0 Å². The molecule has 0 spiro atoms. The van der Waals surface area contributed by atoms with Crippen LogP contribution in [0.25, 0.3) is 0 Å². The quantitative estimate of drug-likeness (QED) is 0.305. The largest absolute Gasteiger partial charge is 0.357 e. The van der Waals surface area contributed by atoms with Crippen LogP contribution < -0.4 is 16.0 Å². The Hall–Kier alpha value is -2.16. The van der Waals surface area contributed by atoms with E-state index in [0.717, 1.165) is 35.9 Å². The van der Waals surface area contributed by atoms with Gasteiger partial charge in [0, 0.05) is 24.8 Å². The maximum atomic E-state index is 11.7. The summed E-state index contributed by atoms with van der Waals surface area (Å²) in [6.45, 7) is 5.93. The Labute approximate surface area is 178 Å². The monoisotopic (exact) mass is 481 g/mol. The summed E-state index contributed by atoms with van der Waals surface area (Å²) in [6, 6.07) is 13.6. The average Bonchev–Trinajstić information content (AvgIpc) is 2.65. The van der Waals surface area contributed by atoms with Crippen molar-refractivity contribution in [1.82, 2.24) is 15.6 Å². The second-order valence-electron chi connectivity index (χ2n) is 5.87. The zero-order valence-electron chi connectivity index (χ0n) is 15.9. The minimum Gasteiger partial charge on any atom is -0.357 e.